The van der Waals surface area contributed by atoms with Crippen molar-refractivity contribution in [1.29, 1.82) is 0 Å². The van der Waals surface area contributed by atoms with Crippen molar-refractivity contribution >= 4 is 91.6 Å². The third kappa shape index (κ3) is 6.69. The summed E-state index contributed by atoms with van der Waals surface area (Å²) < 4.78 is 1.80. The van der Waals surface area contributed by atoms with Gasteiger partial charge in [-0.25, -0.2) is 0 Å². The Morgan fingerprint density at radius 2 is 0.576 bits per heavy atom. The molecule has 8 aromatic rings. The monoisotopic (exact) mass is 1140 g/mol. The van der Waals surface area contributed by atoms with Gasteiger partial charge in [-0.05, 0) is 160 Å². The summed E-state index contributed by atoms with van der Waals surface area (Å²) >= 11 is 29.7. The van der Waals surface area contributed by atoms with Crippen LogP contribution in [-0.4, -0.2) is 0 Å². The molecule has 0 aromatic heterocycles. The molecule has 6 aliphatic rings. The molecule has 0 heterocycles. The lowest BCUT2D eigenvalue weighted by Crippen LogP contribution is -2.41. The highest BCUT2D eigenvalue weighted by Crippen LogP contribution is 2.60. The molecule has 0 atom stereocenters. The topological polar surface area (TPSA) is 0 Å². The molecule has 0 unspecified atom stereocenters. The maximum Gasteiger partial charge on any atom is 0.108 e. The van der Waals surface area contributed by atoms with Crippen molar-refractivity contribution in [2.24, 2.45) is 0 Å². The third-order valence-corrected chi connectivity index (χ3v) is 17.3. The molecule has 0 radical (unpaired) electrons. The quantitative estimate of drug-likeness (QED) is 0.0806. The zero-order valence-electron chi connectivity index (χ0n) is 34.6. The van der Waals surface area contributed by atoms with Crippen LogP contribution in [0.5, 0.6) is 0 Å². The normalized spacial score (nSPS) is 18.7. The number of rotatable bonds is 0. The average molecular weight is 1150 g/mol. The van der Waals surface area contributed by atoms with Crippen LogP contribution in [0.4, 0.5) is 0 Å². The van der Waals surface area contributed by atoms with Gasteiger partial charge in [-0.1, -0.05) is 216 Å². The lowest BCUT2D eigenvalue weighted by atomic mass is 9.53. The largest absolute Gasteiger partial charge is 0.108 e. The number of hydrogen-bond donors (Lipinski definition) is 0. The van der Waals surface area contributed by atoms with Gasteiger partial charge in [0.15, 0.2) is 0 Å². The van der Waals surface area contributed by atoms with Crippen molar-refractivity contribution in [3.63, 3.8) is 0 Å². The van der Waals surface area contributed by atoms with Gasteiger partial charge in [0.2, 0.25) is 0 Å². The highest BCUT2D eigenvalue weighted by Gasteiger charge is 2.52. The van der Waals surface area contributed by atoms with Gasteiger partial charge in [0, 0.05) is 30.1 Å². The van der Waals surface area contributed by atoms with E-state index in [0.717, 1.165) is 7.14 Å². The summed E-state index contributed by atoms with van der Waals surface area (Å²) in [5, 5.41) is 1.99. The molecular weight excluding hydrogens is 1120 g/mol. The highest BCUT2D eigenvalue weighted by molar-refractivity contribution is 14.1. The standard InChI is InChI=1S/2C30H15Cl2I/c2*31-28-19(16-17-26(33)29(28)32)9-7-8-18-30-23-13-4-1-10-20(23)27(21-11-2-5-14-24(21)30)22-12-3-6-15-25(22)30/h2*1-6,10-17,27H. The Bertz CT molecular complexity index is 3160. The van der Waals surface area contributed by atoms with E-state index in [1.54, 1.807) is 0 Å². The lowest BCUT2D eigenvalue weighted by molar-refractivity contribution is 0.666. The van der Waals surface area contributed by atoms with Gasteiger partial charge in [-0.2, -0.15) is 0 Å². The maximum atomic E-state index is 6.40. The second kappa shape index (κ2) is 17.4. The van der Waals surface area contributed by atoms with Gasteiger partial charge in [-0.3, -0.25) is 0 Å². The van der Waals surface area contributed by atoms with Gasteiger partial charge in [0.1, 0.15) is 10.8 Å². The van der Waals surface area contributed by atoms with Crippen molar-refractivity contribution < 1.29 is 0 Å². The summed E-state index contributed by atoms with van der Waals surface area (Å²) in [7, 11) is 0. The molecule has 0 N–H and O–H groups in total. The fourth-order valence-corrected chi connectivity index (χ4v) is 12.5. The molecule has 6 aliphatic carbocycles. The summed E-state index contributed by atoms with van der Waals surface area (Å²) in [5.41, 5.74) is 15.7. The second-order valence-electron chi connectivity index (χ2n) is 16.3. The Labute approximate surface area is 432 Å². The minimum atomic E-state index is -0.555. The summed E-state index contributed by atoms with van der Waals surface area (Å²) in [6.07, 6.45) is 0. The van der Waals surface area contributed by atoms with Gasteiger partial charge >= 0.3 is 0 Å². The van der Waals surface area contributed by atoms with Crippen molar-refractivity contribution in [1.82, 2.24) is 0 Å². The van der Waals surface area contributed by atoms with E-state index < -0.39 is 10.8 Å². The predicted octanol–water partition coefficient (Wildman–Crippen LogP) is 15.6. The number of hydrogen-bond acceptors (Lipinski definition) is 0. The van der Waals surface area contributed by atoms with Crippen LogP contribution in [-0.2, 0) is 10.8 Å². The van der Waals surface area contributed by atoms with Crippen LogP contribution >= 0.6 is 91.6 Å². The lowest BCUT2D eigenvalue weighted by Gasteiger charge is -2.48. The first kappa shape index (κ1) is 43.2. The molecule has 0 amide bonds. The van der Waals surface area contributed by atoms with Crippen LogP contribution in [0, 0.1) is 54.5 Å². The van der Waals surface area contributed by atoms with Gasteiger partial charge in [-0.15, -0.1) is 0 Å². The Morgan fingerprint density at radius 3 is 0.848 bits per heavy atom. The SMILES string of the molecule is Clc1c(I)ccc(C#CC#CC23c4ccccc4C(c4ccccc42)c2ccccc23)c1Cl.Clc1c(I)ccc(C#CC#CC23c4ccccc4C(c4ccccc42)c2ccccc23)c1Cl. The van der Waals surface area contributed by atoms with Gasteiger partial charge in [0.25, 0.3) is 0 Å². The van der Waals surface area contributed by atoms with Crippen molar-refractivity contribution in [2.45, 2.75) is 22.7 Å². The zero-order valence-corrected chi connectivity index (χ0v) is 41.9. The summed E-state index contributed by atoms with van der Waals surface area (Å²) in [4.78, 5) is 0. The average Bonchev–Trinajstić information content (AvgIpc) is 3.36. The first-order valence-electron chi connectivity index (χ1n) is 21.2. The maximum absolute atomic E-state index is 6.40. The van der Waals surface area contributed by atoms with E-state index in [1.165, 1.54) is 66.8 Å². The summed E-state index contributed by atoms with van der Waals surface area (Å²) in [6, 6.07) is 59.6. The van der Waals surface area contributed by atoms with Crippen molar-refractivity contribution in [2.75, 3.05) is 0 Å². The smallest absolute Gasteiger partial charge is 0.0815 e. The molecule has 0 spiro atoms. The molecule has 4 bridgehead atoms. The number of benzene rings is 8. The second-order valence-corrected chi connectivity index (χ2v) is 20.2. The number of halogens is 6. The van der Waals surface area contributed by atoms with Gasteiger partial charge < -0.3 is 0 Å². The first-order valence-corrected chi connectivity index (χ1v) is 24.8. The van der Waals surface area contributed by atoms with Crippen LogP contribution < -0.4 is 0 Å². The van der Waals surface area contributed by atoms with E-state index in [2.05, 4.69) is 238 Å². The molecule has 8 aromatic carbocycles. The van der Waals surface area contributed by atoms with E-state index in [-0.39, 0.29) is 11.8 Å². The van der Waals surface area contributed by atoms with Crippen LogP contribution in [0.1, 0.15) is 89.7 Å². The Kier molecular flexibility index (Phi) is 11.4. The minimum Gasteiger partial charge on any atom is -0.0815 e. The van der Waals surface area contributed by atoms with E-state index in [1.807, 2.05) is 24.3 Å². The van der Waals surface area contributed by atoms with Gasteiger partial charge in [0.05, 0.1) is 20.1 Å². The van der Waals surface area contributed by atoms with E-state index in [4.69, 9.17) is 46.4 Å². The fourth-order valence-electron chi connectivity index (χ4n) is 10.5. The van der Waals surface area contributed by atoms with Crippen molar-refractivity contribution in [3.05, 3.63) is 275 Å². The molecule has 0 fully saturated rings. The molecule has 312 valence electrons. The highest BCUT2D eigenvalue weighted by atomic mass is 127. The molecule has 66 heavy (non-hydrogen) atoms. The van der Waals surface area contributed by atoms with Crippen LogP contribution in [0.25, 0.3) is 0 Å². The van der Waals surface area contributed by atoms with E-state index in [9.17, 15) is 0 Å². The van der Waals surface area contributed by atoms with Crippen LogP contribution in [0.15, 0.2) is 170 Å². The predicted molar refractivity (Wildman–Crippen MR) is 288 cm³/mol. The minimum absolute atomic E-state index is 0.232. The molecule has 0 saturated carbocycles. The molecular formula is C60H30Cl4I2. The summed E-state index contributed by atoms with van der Waals surface area (Å²) in [5.74, 6) is 26.4. The van der Waals surface area contributed by atoms with Crippen LogP contribution in [0.3, 0.4) is 0 Å². The van der Waals surface area contributed by atoms with E-state index in [0.29, 0.717) is 31.2 Å². The molecule has 0 nitrogen and oxygen atoms in total. The summed E-state index contributed by atoms with van der Waals surface area (Å²) in [6.45, 7) is 0. The Morgan fingerprint density at radius 1 is 0.318 bits per heavy atom. The van der Waals surface area contributed by atoms with Crippen molar-refractivity contribution in [3.8, 4) is 47.4 Å². The zero-order chi connectivity index (χ0) is 45.2. The molecule has 6 heteroatoms. The Balaban J connectivity index is 0.000000146. The molecule has 0 saturated heterocycles. The third-order valence-electron chi connectivity index (χ3n) is 13.1. The Hall–Kier alpha value is -5.38. The first-order chi connectivity index (χ1) is 32.3. The molecule has 14 rings (SSSR count). The van der Waals surface area contributed by atoms with E-state index >= 15 is 0 Å². The molecule has 0 aliphatic heterocycles. The van der Waals surface area contributed by atoms with Crippen LogP contribution in [0.2, 0.25) is 20.1 Å². The fraction of sp³-hybridized carbons (Fsp3) is 0.0667.